The van der Waals surface area contributed by atoms with Crippen LogP contribution in [-0.2, 0) is 0 Å². The summed E-state index contributed by atoms with van der Waals surface area (Å²) in [4.78, 5) is 21.5. The molecule has 0 aliphatic rings. The van der Waals surface area contributed by atoms with Crippen molar-refractivity contribution in [3.05, 3.63) is 39.4 Å². The summed E-state index contributed by atoms with van der Waals surface area (Å²) in [6, 6.07) is 3.55. The molecule has 0 spiro atoms. The number of amides is 1. The van der Waals surface area contributed by atoms with Crippen LogP contribution in [-0.4, -0.2) is 35.0 Å². The van der Waals surface area contributed by atoms with E-state index in [0.29, 0.717) is 0 Å². The Morgan fingerprint density at radius 2 is 2.16 bits per heavy atom. The van der Waals surface area contributed by atoms with E-state index in [2.05, 4.69) is 0 Å². The smallest absolute Gasteiger partial charge is 0.287 e. The molecule has 1 rings (SSSR count). The van der Waals surface area contributed by atoms with Crippen LogP contribution in [0, 0.1) is 17.0 Å². The molecule has 6 nitrogen and oxygen atoms in total. The minimum absolute atomic E-state index is 0.0387. The van der Waals surface area contributed by atoms with Crippen molar-refractivity contribution < 1.29 is 23.6 Å². The highest BCUT2D eigenvalue weighted by Crippen LogP contribution is 2.19. The number of nitro benzene ring substituents is 1. The van der Waals surface area contributed by atoms with Crippen molar-refractivity contribution in [2.75, 3.05) is 13.2 Å². The van der Waals surface area contributed by atoms with Gasteiger partial charge in [-0.25, -0.2) is 8.78 Å². The number of hydrogen-bond donors (Lipinski definition) is 2. The molecule has 0 saturated carbocycles. The maximum absolute atomic E-state index is 12.7. The molecular weight excluding hydrogens is 262 g/mol. The van der Waals surface area contributed by atoms with Gasteiger partial charge in [0, 0.05) is 17.2 Å². The molecule has 0 atom stereocenters. The molecule has 0 unspecified atom stereocenters. The highest BCUT2D eigenvalue weighted by molar-refractivity contribution is 5.94. The molecule has 0 aliphatic carbocycles. The standard InChI is InChI=1S/C11H12F2N2O4/c1-7-4-8(2-3-9(7)15(18)19)10(17)14-5-11(12,13)6-16/h2-4,16H,5-6H2,1H3,(H,14,17). The van der Waals surface area contributed by atoms with Gasteiger partial charge in [-0.2, -0.15) is 0 Å². The first-order chi connectivity index (χ1) is 8.76. The first kappa shape index (κ1) is 15.0. The van der Waals surface area contributed by atoms with E-state index in [1.54, 1.807) is 0 Å². The van der Waals surface area contributed by atoms with Crippen LogP contribution in [0.15, 0.2) is 18.2 Å². The Morgan fingerprint density at radius 1 is 1.53 bits per heavy atom. The molecule has 0 heterocycles. The summed E-state index contributed by atoms with van der Waals surface area (Å²) in [7, 11) is 0. The summed E-state index contributed by atoms with van der Waals surface area (Å²) in [6.45, 7) is -0.928. The lowest BCUT2D eigenvalue weighted by molar-refractivity contribution is -0.385. The van der Waals surface area contributed by atoms with Crippen molar-refractivity contribution in [1.82, 2.24) is 5.32 Å². The van der Waals surface area contributed by atoms with E-state index in [4.69, 9.17) is 5.11 Å². The van der Waals surface area contributed by atoms with Gasteiger partial charge < -0.3 is 10.4 Å². The third kappa shape index (κ3) is 3.95. The monoisotopic (exact) mass is 274 g/mol. The van der Waals surface area contributed by atoms with Gasteiger partial charge in [-0.05, 0) is 19.1 Å². The molecule has 0 radical (unpaired) electrons. The Hall–Kier alpha value is -2.09. The maximum atomic E-state index is 12.7. The van der Waals surface area contributed by atoms with E-state index in [1.165, 1.54) is 19.1 Å². The minimum atomic E-state index is -3.40. The maximum Gasteiger partial charge on any atom is 0.287 e. The van der Waals surface area contributed by atoms with Crippen LogP contribution in [0.25, 0.3) is 0 Å². The lowest BCUT2D eigenvalue weighted by Gasteiger charge is -2.14. The average Bonchev–Trinajstić information content (AvgIpc) is 2.35. The number of aliphatic hydroxyl groups excluding tert-OH is 1. The molecule has 0 fully saturated rings. The van der Waals surface area contributed by atoms with Crippen molar-refractivity contribution in [1.29, 1.82) is 0 Å². The van der Waals surface area contributed by atoms with Gasteiger partial charge in [-0.3, -0.25) is 14.9 Å². The largest absolute Gasteiger partial charge is 0.390 e. The fraction of sp³-hybridized carbons (Fsp3) is 0.364. The fourth-order valence-electron chi connectivity index (χ4n) is 1.37. The third-order valence-electron chi connectivity index (χ3n) is 2.39. The van der Waals surface area contributed by atoms with Crippen LogP contribution in [0.5, 0.6) is 0 Å². The van der Waals surface area contributed by atoms with Crippen molar-refractivity contribution in [3.63, 3.8) is 0 Å². The Kier molecular flexibility index (Phi) is 4.49. The SMILES string of the molecule is Cc1cc(C(=O)NCC(F)(F)CO)ccc1[N+](=O)[O-]. The first-order valence-electron chi connectivity index (χ1n) is 5.29. The molecule has 1 aromatic carbocycles. The number of benzene rings is 1. The average molecular weight is 274 g/mol. The van der Waals surface area contributed by atoms with E-state index < -0.39 is 29.9 Å². The number of nitrogens with one attached hydrogen (secondary N) is 1. The number of carbonyl (C=O) groups excluding carboxylic acids is 1. The Labute approximate surface area is 107 Å². The normalized spacial score (nSPS) is 11.2. The molecule has 0 aromatic heterocycles. The predicted molar refractivity (Wildman–Crippen MR) is 62.2 cm³/mol. The number of rotatable bonds is 5. The van der Waals surface area contributed by atoms with E-state index in [9.17, 15) is 23.7 Å². The summed E-state index contributed by atoms with van der Waals surface area (Å²) in [6.07, 6.45) is 0. The Balaban J connectivity index is 2.79. The molecule has 19 heavy (non-hydrogen) atoms. The number of aliphatic hydroxyl groups is 1. The van der Waals surface area contributed by atoms with Crippen LogP contribution >= 0.6 is 0 Å². The zero-order valence-corrected chi connectivity index (χ0v) is 10.0. The molecule has 0 saturated heterocycles. The number of alkyl halides is 2. The quantitative estimate of drug-likeness (QED) is 0.624. The summed E-state index contributed by atoms with van der Waals surface area (Å²) in [5.41, 5.74) is 0.139. The summed E-state index contributed by atoms with van der Waals surface area (Å²) < 4.78 is 25.4. The number of nitro groups is 1. The highest BCUT2D eigenvalue weighted by atomic mass is 19.3. The number of hydrogen-bond acceptors (Lipinski definition) is 4. The van der Waals surface area contributed by atoms with E-state index in [-0.39, 0.29) is 16.8 Å². The number of halogens is 2. The van der Waals surface area contributed by atoms with E-state index >= 15 is 0 Å². The summed E-state index contributed by atoms with van der Waals surface area (Å²) >= 11 is 0. The topological polar surface area (TPSA) is 92.5 Å². The van der Waals surface area contributed by atoms with Crippen LogP contribution in [0.3, 0.4) is 0 Å². The van der Waals surface area contributed by atoms with Gasteiger partial charge >= 0.3 is 0 Å². The van der Waals surface area contributed by atoms with Crippen molar-refractivity contribution in [2.45, 2.75) is 12.8 Å². The van der Waals surface area contributed by atoms with E-state index in [0.717, 1.165) is 6.07 Å². The molecule has 1 amide bonds. The van der Waals surface area contributed by atoms with Gasteiger partial charge in [0.05, 0.1) is 11.5 Å². The first-order valence-corrected chi connectivity index (χ1v) is 5.29. The van der Waals surface area contributed by atoms with Gasteiger partial charge in [0.1, 0.15) is 6.61 Å². The molecule has 1 aromatic rings. The minimum Gasteiger partial charge on any atom is -0.390 e. The highest BCUT2D eigenvalue weighted by Gasteiger charge is 2.28. The van der Waals surface area contributed by atoms with Gasteiger partial charge in [0.15, 0.2) is 0 Å². The van der Waals surface area contributed by atoms with Gasteiger partial charge in [-0.1, -0.05) is 0 Å². The van der Waals surface area contributed by atoms with Crippen LogP contribution in [0.2, 0.25) is 0 Å². The van der Waals surface area contributed by atoms with Gasteiger partial charge in [-0.15, -0.1) is 0 Å². The van der Waals surface area contributed by atoms with Crippen molar-refractivity contribution in [2.24, 2.45) is 0 Å². The molecule has 8 heteroatoms. The second-order valence-corrected chi connectivity index (χ2v) is 3.96. The Bertz CT molecular complexity index is 505. The third-order valence-corrected chi connectivity index (χ3v) is 2.39. The number of nitrogens with zero attached hydrogens (tertiary/aromatic N) is 1. The molecule has 2 N–H and O–H groups in total. The molecular formula is C11H12F2N2O4. The second kappa shape index (κ2) is 5.70. The zero-order valence-electron chi connectivity index (χ0n) is 10.0. The zero-order chi connectivity index (χ0) is 14.6. The summed E-state index contributed by atoms with van der Waals surface area (Å²) in [5.74, 6) is -4.18. The van der Waals surface area contributed by atoms with E-state index in [1.807, 2.05) is 5.32 Å². The fourth-order valence-corrected chi connectivity index (χ4v) is 1.37. The van der Waals surface area contributed by atoms with Crippen LogP contribution in [0.1, 0.15) is 15.9 Å². The van der Waals surface area contributed by atoms with Crippen LogP contribution < -0.4 is 5.32 Å². The summed E-state index contributed by atoms with van der Waals surface area (Å²) in [5, 5.41) is 20.9. The predicted octanol–water partition coefficient (Wildman–Crippen LogP) is 1.26. The van der Waals surface area contributed by atoms with Crippen molar-refractivity contribution in [3.8, 4) is 0 Å². The molecule has 104 valence electrons. The van der Waals surface area contributed by atoms with Crippen LogP contribution in [0.4, 0.5) is 14.5 Å². The van der Waals surface area contributed by atoms with Gasteiger partial charge in [0.2, 0.25) is 0 Å². The lowest BCUT2D eigenvalue weighted by Crippen LogP contribution is -2.39. The lowest BCUT2D eigenvalue weighted by atomic mass is 10.1. The molecule has 0 aliphatic heterocycles. The van der Waals surface area contributed by atoms with Crippen molar-refractivity contribution >= 4 is 11.6 Å². The van der Waals surface area contributed by atoms with Gasteiger partial charge in [0.25, 0.3) is 17.5 Å². The number of carbonyl (C=O) groups is 1. The Morgan fingerprint density at radius 3 is 2.63 bits per heavy atom. The second-order valence-electron chi connectivity index (χ2n) is 3.96. The molecule has 0 bridgehead atoms. The number of aryl methyl sites for hydroxylation is 1.